The summed E-state index contributed by atoms with van der Waals surface area (Å²) in [7, 11) is 0. The molecule has 0 aliphatic carbocycles. The number of amides is 1. The summed E-state index contributed by atoms with van der Waals surface area (Å²) in [5.41, 5.74) is 1.62. The summed E-state index contributed by atoms with van der Waals surface area (Å²) in [5.74, 6) is -0.0167. The van der Waals surface area contributed by atoms with Gasteiger partial charge in [-0.3, -0.25) is 4.79 Å². The van der Waals surface area contributed by atoms with E-state index < -0.39 is 0 Å². The van der Waals surface area contributed by atoms with Gasteiger partial charge in [0.2, 0.25) is 0 Å². The molecule has 0 bridgehead atoms. The number of piperazine rings is 1. The van der Waals surface area contributed by atoms with Gasteiger partial charge in [0.1, 0.15) is 0 Å². The smallest absolute Gasteiger partial charge is 0.275 e. The summed E-state index contributed by atoms with van der Waals surface area (Å²) in [5, 5.41) is 4.66. The fourth-order valence-corrected chi connectivity index (χ4v) is 2.98. The van der Waals surface area contributed by atoms with E-state index in [0.717, 1.165) is 28.7 Å². The lowest BCUT2D eigenvalue weighted by Crippen LogP contribution is -2.49. The molecule has 110 valence electrons. The maximum Gasteiger partial charge on any atom is 0.275 e. The molecule has 21 heavy (non-hydrogen) atoms. The average molecular weight is 323 g/mol. The van der Waals surface area contributed by atoms with Crippen LogP contribution in [-0.4, -0.2) is 46.6 Å². The topological polar surface area (TPSA) is 49.3 Å². The highest BCUT2D eigenvalue weighted by molar-refractivity contribution is 7.05. The highest BCUT2D eigenvalue weighted by atomic mass is 35.5. The van der Waals surface area contributed by atoms with Crippen molar-refractivity contribution in [3.63, 3.8) is 0 Å². The Hall–Kier alpha value is -1.66. The van der Waals surface area contributed by atoms with Gasteiger partial charge in [-0.05, 0) is 42.7 Å². The van der Waals surface area contributed by atoms with E-state index in [0.29, 0.717) is 18.8 Å². The summed E-state index contributed by atoms with van der Waals surface area (Å²) in [4.78, 5) is 17.3. The molecule has 7 heteroatoms. The minimum absolute atomic E-state index is 0.0167. The Morgan fingerprint density at radius 3 is 2.43 bits per heavy atom. The SMILES string of the molecule is Cc1snnc1C(=O)N1CCN(c2ccc(Cl)cc2)CC1. The third-order valence-corrected chi connectivity index (χ3v) is 4.50. The number of aromatic nitrogens is 2. The Balaban J connectivity index is 1.64. The van der Waals surface area contributed by atoms with Crippen molar-refractivity contribution in [3.05, 3.63) is 39.9 Å². The second-order valence-corrected chi connectivity index (χ2v) is 6.33. The van der Waals surface area contributed by atoms with Crippen LogP contribution < -0.4 is 4.90 Å². The molecule has 0 N–H and O–H groups in total. The van der Waals surface area contributed by atoms with Crippen molar-refractivity contribution in [2.24, 2.45) is 0 Å². The van der Waals surface area contributed by atoms with Crippen LogP contribution >= 0.6 is 23.1 Å². The number of halogens is 1. The first kappa shape index (κ1) is 14.3. The lowest BCUT2D eigenvalue weighted by molar-refractivity contribution is 0.0740. The van der Waals surface area contributed by atoms with Crippen molar-refractivity contribution < 1.29 is 4.79 Å². The lowest BCUT2D eigenvalue weighted by atomic mass is 10.2. The van der Waals surface area contributed by atoms with Crippen LogP contribution in [0, 0.1) is 6.92 Å². The molecule has 1 amide bonds. The van der Waals surface area contributed by atoms with Crippen LogP contribution in [0.5, 0.6) is 0 Å². The molecule has 0 saturated carbocycles. The van der Waals surface area contributed by atoms with E-state index in [1.165, 1.54) is 11.5 Å². The molecule has 0 unspecified atom stereocenters. The number of anilines is 1. The molecule has 1 fully saturated rings. The van der Waals surface area contributed by atoms with Gasteiger partial charge in [0.05, 0.1) is 4.88 Å². The Morgan fingerprint density at radius 1 is 1.19 bits per heavy atom. The van der Waals surface area contributed by atoms with Crippen LogP contribution in [-0.2, 0) is 0 Å². The van der Waals surface area contributed by atoms with Crippen molar-refractivity contribution in [2.45, 2.75) is 6.92 Å². The molecule has 1 aromatic carbocycles. The van der Waals surface area contributed by atoms with Gasteiger partial charge in [-0.1, -0.05) is 16.1 Å². The Bertz CT molecular complexity index is 635. The maximum atomic E-state index is 12.4. The fourth-order valence-electron chi connectivity index (χ4n) is 2.40. The van der Waals surface area contributed by atoms with Crippen molar-refractivity contribution in [2.75, 3.05) is 31.1 Å². The number of hydrogen-bond donors (Lipinski definition) is 0. The van der Waals surface area contributed by atoms with E-state index >= 15 is 0 Å². The standard InChI is InChI=1S/C14H15ClN4OS/c1-10-13(16-17-21-10)14(20)19-8-6-18(7-9-19)12-4-2-11(15)3-5-12/h2-5H,6-9H2,1H3. The van der Waals surface area contributed by atoms with E-state index in [1.807, 2.05) is 36.1 Å². The van der Waals surface area contributed by atoms with Gasteiger partial charge in [-0.15, -0.1) is 5.10 Å². The molecule has 1 aliphatic heterocycles. The van der Waals surface area contributed by atoms with Crippen LogP contribution in [0.1, 0.15) is 15.4 Å². The average Bonchev–Trinajstić information content (AvgIpc) is 2.94. The zero-order valence-electron chi connectivity index (χ0n) is 11.6. The molecule has 0 atom stereocenters. The molecule has 0 spiro atoms. The summed E-state index contributed by atoms with van der Waals surface area (Å²) >= 11 is 7.17. The second-order valence-electron chi connectivity index (χ2n) is 4.93. The van der Waals surface area contributed by atoms with E-state index in [9.17, 15) is 4.79 Å². The van der Waals surface area contributed by atoms with Crippen LogP contribution in [0.15, 0.2) is 24.3 Å². The van der Waals surface area contributed by atoms with Crippen molar-refractivity contribution >= 4 is 34.7 Å². The Labute approximate surface area is 132 Å². The Morgan fingerprint density at radius 2 is 1.86 bits per heavy atom. The number of rotatable bonds is 2. The van der Waals surface area contributed by atoms with Crippen LogP contribution in [0.2, 0.25) is 5.02 Å². The number of hydrogen-bond acceptors (Lipinski definition) is 5. The van der Waals surface area contributed by atoms with Crippen molar-refractivity contribution in [3.8, 4) is 0 Å². The minimum atomic E-state index is -0.0167. The molecule has 1 aromatic heterocycles. The quantitative estimate of drug-likeness (QED) is 0.852. The number of benzene rings is 1. The van der Waals surface area contributed by atoms with Crippen LogP contribution in [0.25, 0.3) is 0 Å². The normalized spacial score (nSPS) is 15.3. The zero-order chi connectivity index (χ0) is 14.8. The predicted octanol–water partition coefficient (Wildman–Crippen LogP) is 2.46. The fraction of sp³-hybridized carbons (Fsp3) is 0.357. The first-order chi connectivity index (χ1) is 10.1. The first-order valence-corrected chi connectivity index (χ1v) is 7.89. The molecular weight excluding hydrogens is 308 g/mol. The summed E-state index contributed by atoms with van der Waals surface area (Å²) in [6.07, 6.45) is 0. The summed E-state index contributed by atoms with van der Waals surface area (Å²) < 4.78 is 3.83. The van der Waals surface area contributed by atoms with Crippen LogP contribution in [0.3, 0.4) is 0 Å². The lowest BCUT2D eigenvalue weighted by Gasteiger charge is -2.35. The van der Waals surface area contributed by atoms with Gasteiger partial charge < -0.3 is 9.80 Å². The molecule has 5 nitrogen and oxygen atoms in total. The molecule has 0 radical (unpaired) electrons. The predicted molar refractivity (Wildman–Crippen MR) is 84.2 cm³/mol. The highest BCUT2D eigenvalue weighted by Crippen LogP contribution is 2.20. The van der Waals surface area contributed by atoms with Gasteiger partial charge in [-0.25, -0.2) is 0 Å². The minimum Gasteiger partial charge on any atom is -0.368 e. The van der Waals surface area contributed by atoms with Gasteiger partial charge in [0, 0.05) is 36.9 Å². The molecule has 3 rings (SSSR count). The van der Waals surface area contributed by atoms with E-state index in [-0.39, 0.29) is 5.91 Å². The second kappa shape index (κ2) is 5.99. The van der Waals surface area contributed by atoms with Crippen molar-refractivity contribution in [1.29, 1.82) is 0 Å². The van der Waals surface area contributed by atoms with E-state index in [2.05, 4.69) is 14.5 Å². The van der Waals surface area contributed by atoms with Gasteiger partial charge in [-0.2, -0.15) is 0 Å². The van der Waals surface area contributed by atoms with Crippen LogP contribution in [0.4, 0.5) is 5.69 Å². The largest absolute Gasteiger partial charge is 0.368 e. The van der Waals surface area contributed by atoms with Gasteiger partial charge >= 0.3 is 0 Å². The molecular formula is C14H15ClN4OS. The Kier molecular flexibility index (Phi) is 4.07. The first-order valence-electron chi connectivity index (χ1n) is 6.74. The van der Waals surface area contributed by atoms with E-state index in [4.69, 9.17) is 11.6 Å². The van der Waals surface area contributed by atoms with Gasteiger partial charge in [0.15, 0.2) is 5.69 Å². The van der Waals surface area contributed by atoms with Gasteiger partial charge in [0.25, 0.3) is 5.91 Å². The molecule has 2 heterocycles. The molecule has 1 aliphatic rings. The third-order valence-electron chi connectivity index (χ3n) is 3.61. The maximum absolute atomic E-state index is 12.4. The molecule has 1 saturated heterocycles. The van der Waals surface area contributed by atoms with Crippen molar-refractivity contribution in [1.82, 2.24) is 14.5 Å². The summed E-state index contributed by atoms with van der Waals surface area (Å²) in [6, 6.07) is 7.79. The zero-order valence-corrected chi connectivity index (χ0v) is 13.2. The number of carbonyl (C=O) groups excluding carboxylic acids is 1. The monoisotopic (exact) mass is 322 g/mol. The number of nitrogens with zero attached hydrogens (tertiary/aromatic N) is 4. The third kappa shape index (κ3) is 3.01. The summed E-state index contributed by atoms with van der Waals surface area (Å²) in [6.45, 7) is 4.88. The number of aryl methyl sites for hydroxylation is 1. The molecule has 2 aromatic rings. The van der Waals surface area contributed by atoms with E-state index in [1.54, 1.807) is 0 Å². The number of carbonyl (C=O) groups is 1. The highest BCUT2D eigenvalue weighted by Gasteiger charge is 2.25.